The maximum Gasteiger partial charge on any atom is 0.233 e. The molecule has 0 rings (SSSR count). The van der Waals surface area contributed by atoms with Crippen LogP contribution in [0.4, 0.5) is 0 Å². The summed E-state index contributed by atoms with van der Waals surface area (Å²) in [7, 11) is 0. The molecule has 0 saturated carbocycles. The van der Waals surface area contributed by atoms with Crippen LogP contribution in [0.25, 0.3) is 0 Å². The van der Waals surface area contributed by atoms with Gasteiger partial charge in [-0.1, -0.05) is 25.4 Å². The molecule has 106 valence electrons. The lowest BCUT2D eigenvalue weighted by atomic mass is 9.86. The van der Waals surface area contributed by atoms with Crippen molar-refractivity contribution in [2.75, 3.05) is 19.6 Å². The first-order valence-corrected chi connectivity index (χ1v) is 6.39. The Morgan fingerprint density at radius 1 is 1.39 bits per heavy atom. The summed E-state index contributed by atoms with van der Waals surface area (Å²) >= 11 is 0. The van der Waals surface area contributed by atoms with Crippen LogP contribution in [0.1, 0.15) is 40.0 Å². The minimum Gasteiger partial charge on any atom is -0.409 e. The fraction of sp³-hybridized carbons (Fsp3) is 0.833. The second-order valence-electron chi connectivity index (χ2n) is 4.96. The van der Waals surface area contributed by atoms with Crippen molar-refractivity contribution in [1.29, 1.82) is 0 Å². The van der Waals surface area contributed by atoms with Crippen molar-refractivity contribution in [2.24, 2.45) is 16.3 Å². The van der Waals surface area contributed by atoms with Crippen molar-refractivity contribution in [3.05, 3.63) is 0 Å². The molecule has 0 spiro atoms. The van der Waals surface area contributed by atoms with Gasteiger partial charge in [0.05, 0.1) is 6.54 Å². The molecule has 0 aromatic heterocycles. The first kappa shape index (κ1) is 16.7. The highest BCUT2D eigenvalue weighted by Crippen LogP contribution is 2.22. The van der Waals surface area contributed by atoms with Gasteiger partial charge in [0.2, 0.25) is 5.91 Å². The van der Waals surface area contributed by atoms with Crippen molar-refractivity contribution in [3.63, 3.8) is 0 Å². The van der Waals surface area contributed by atoms with E-state index in [1.807, 2.05) is 20.8 Å². The van der Waals surface area contributed by atoms with Gasteiger partial charge in [0, 0.05) is 12.0 Å². The second-order valence-corrected chi connectivity index (χ2v) is 4.96. The zero-order valence-corrected chi connectivity index (χ0v) is 11.6. The first-order chi connectivity index (χ1) is 8.44. The molecule has 6 nitrogen and oxygen atoms in total. The van der Waals surface area contributed by atoms with E-state index in [1.165, 1.54) is 0 Å². The molecule has 0 saturated heterocycles. The molecular formula is C12H26N4O2. The highest BCUT2D eigenvalue weighted by Gasteiger charge is 2.22. The molecule has 0 aliphatic carbocycles. The van der Waals surface area contributed by atoms with Gasteiger partial charge in [-0.3, -0.25) is 4.79 Å². The number of rotatable bonds is 9. The largest absolute Gasteiger partial charge is 0.409 e. The Kier molecular flexibility index (Phi) is 8.11. The average Bonchev–Trinajstić information content (AvgIpc) is 2.32. The van der Waals surface area contributed by atoms with Gasteiger partial charge < -0.3 is 21.6 Å². The van der Waals surface area contributed by atoms with Gasteiger partial charge in [-0.15, -0.1) is 0 Å². The van der Waals surface area contributed by atoms with Crippen LogP contribution >= 0.6 is 0 Å². The number of oxime groups is 1. The standard InChI is InChI=1S/C12H26N4O2/c1-4-15-10(17)9-14-8-6-5-7-12(2,3)11(13)16-18/h14,18H,4-9H2,1-3H3,(H2,13,16)(H,15,17). The van der Waals surface area contributed by atoms with Crippen LogP contribution in [0.5, 0.6) is 0 Å². The average molecular weight is 258 g/mol. The summed E-state index contributed by atoms with van der Waals surface area (Å²) in [5.74, 6) is 0.285. The van der Waals surface area contributed by atoms with Gasteiger partial charge in [0.25, 0.3) is 0 Å². The van der Waals surface area contributed by atoms with Crippen molar-refractivity contribution in [2.45, 2.75) is 40.0 Å². The monoisotopic (exact) mass is 258 g/mol. The molecule has 0 aromatic rings. The molecule has 0 atom stereocenters. The molecule has 6 heteroatoms. The molecule has 0 aliphatic rings. The Morgan fingerprint density at radius 2 is 2.06 bits per heavy atom. The Bertz CT molecular complexity index is 277. The van der Waals surface area contributed by atoms with Crippen LogP contribution < -0.4 is 16.4 Å². The summed E-state index contributed by atoms with van der Waals surface area (Å²) in [5, 5.41) is 17.5. The molecule has 0 radical (unpaired) electrons. The second kappa shape index (κ2) is 8.74. The van der Waals surface area contributed by atoms with Gasteiger partial charge in [-0.05, 0) is 26.3 Å². The SMILES string of the molecule is CCNC(=O)CNCCCCC(C)(C)C(N)=NO. The predicted octanol–water partition coefficient (Wildman–Crippen LogP) is 0.655. The van der Waals surface area contributed by atoms with Crippen LogP contribution in [0, 0.1) is 5.41 Å². The van der Waals surface area contributed by atoms with Crippen molar-refractivity contribution in [1.82, 2.24) is 10.6 Å². The summed E-state index contributed by atoms with van der Waals surface area (Å²) < 4.78 is 0. The normalized spacial score (nSPS) is 12.5. The lowest BCUT2D eigenvalue weighted by Gasteiger charge is -2.22. The van der Waals surface area contributed by atoms with E-state index in [2.05, 4.69) is 15.8 Å². The number of likely N-dealkylation sites (N-methyl/N-ethyl adjacent to an activating group) is 1. The van der Waals surface area contributed by atoms with Crippen molar-refractivity contribution >= 4 is 11.7 Å². The van der Waals surface area contributed by atoms with Crippen LogP contribution in [-0.4, -0.2) is 36.6 Å². The lowest BCUT2D eigenvalue weighted by Crippen LogP contribution is -2.34. The molecule has 5 N–H and O–H groups in total. The number of hydrogen-bond acceptors (Lipinski definition) is 4. The number of nitrogens with zero attached hydrogens (tertiary/aromatic N) is 1. The maximum atomic E-state index is 11.1. The Morgan fingerprint density at radius 3 is 2.61 bits per heavy atom. The van der Waals surface area contributed by atoms with E-state index in [0.29, 0.717) is 13.1 Å². The van der Waals surface area contributed by atoms with Crippen molar-refractivity contribution in [3.8, 4) is 0 Å². The number of carbonyl (C=O) groups is 1. The summed E-state index contributed by atoms with van der Waals surface area (Å²) in [6, 6.07) is 0. The Balaban J connectivity index is 3.60. The van der Waals surface area contributed by atoms with Gasteiger partial charge in [0.1, 0.15) is 5.84 Å². The molecule has 0 unspecified atom stereocenters. The summed E-state index contributed by atoms with van der Waals surface area (Å²) in [4.78, 5) is 11.1. The fourth-order valence-corrected chi connectivity index (χ4v) is 1.54. The van der Waals surface area contributed by atoms with E-state index in [0.717, 1.165) is 25.8 Å². The van der Waals surface area contributed by atoms with Gasteiger partial charge >= 0.3 is 0 Å². The highest BCUT2D eigenvalue weighted by atomic mass is 16.4. The molecule has 18 heavy (non-hydrogen) atoms. The van der Waals surface area contributed by atoms with Gasteiger partial charge in [0.15, 0.2) is 0 Å². The summed E-state index contributed by atoms with van der Waals surface area (Å²) in [5.41, 5.74) is 5.31. The van der Waals surface area contributed by atoms with Crippen LogP contribution in [0.3, 0.4) is 0 Å². The Labute approximate surface area is 109 Å². The third-order valence-electron chi connectivity index (χ3n) is 2.87. The van der Waals surface area contributed by atoms with Crippen LogP contribution in [0.2, 0.25) is 0 Å². The molecule has 0 fully saturated rings. The van der Waals surface area contributed by atoms with Gasteiger partial charge in [-0.2, -0.15) is 0 Å². The number of amides is 1. The van der Waals surface area contributed by atoms with Crippen molar-refractivity contribution < 1.29 is 10.0 Å². The smallest absolute Gasteiger partial charge is 0.233 e. The number of unbranched alkanes of at least 4 members (excludes halogenated alkanes) is 1. The zero-order valence-electron chi connectivity index (χ0n) is 11.6. The summed E-state index contributed by atoms with van der Waals surface area (Å²) in [6.45, 7) is 7.61. The zero-order chi connectivity index (χ0) is 14.0. The Hall–Kier alpha value is -1.30. The summed E-state index contributed by atoms with van der Waals surface area (Å²) in [6.07, 6.45) is 2.78. The van der Waals surface area contributed by atoms with Crippen LogP contribution in [0.15, 0.2) is 5.16 Å². The number of nitrogens with two attached hydrogens (primary N) is 1. The quantitative estimate of drug-likeness (QED) is 0.160. The third kappa shape index (κ3) is 7.11. The minimum atomic E-state index is -0.283. The first-order valence-electron chi connectivity index (χ1n) is 6.39. The molecule has 0 aliphatic heterocycles. The van der Waals surface area contributed by atoms with Crippen LogP contribution in [-0.2, 0) is 4.79 Å². The topological polar surface area (TPSA) is 99.7 Å². The number of carbonyl (C=O) groups excluding carboxylic acids is 1. The molecule has 0 aromatic carbocycles. The predicted molar refractivity (Wildman–Crippen MR) is 72.6 cm³/mol. The number of nitrogens with one attached hydrogen (secondary N) is 2. The van der Waals surface area contributed by atoms with E-state index in [1.54, 1.807) is 0 Å². The fourth-order valence-electron chi connectivity index (χ4n) is 1.54. The number of hydrogen-bond donors (Lipinski definition) is 4. The minimum absolute atomic E-state index is 0.0227. The molecule has 0 bridgehead atoms. The molecular weight excluding hydrogens is 232 g/mol. The lowest BCUT2D eigenvalue weighted by molar-refractivity contribution is -0.120. The number of amidine groups is 1. The van der Waals surface area contributed by atoms with E-state index in [4.69, 9.17) is 10.9 Å². The highest BCUT2D eigenvalue weighted by molar-refractivity contribution is 5.85. The van der Waals surface area contributed by atoms with E-state index >= 15 is 0 Å². The van der Waals surface area contributed by atoms with E-state index < -0.39 is 0 Å². The van der Waals surface area contributed by atoms with Gasteiger partial charge in [-0.25, -0.2) is 0 Å². The molecule has 1 amide bonds. The third-order valence-corrected chi connectivity index (χ3v) is 2.87. The molecule has 0 heterocycles. The maximum absolute atomic E-state index is 11.1. The van der Waals surface area contributed by atoms with E-state index in [-0.39, 0.29) is 17.2 Å². The van der Waals surface area contributed by atoms with E-state index in [9.17, 15) is 4.79 Å².